The van der Waals surface area contributed by atoms with Crippen LogP contribution in [0.5, 0.6) is 5.75 Å². The molecule has 0 amide bonds. The van der Waals surface area contributed by atoms with Crippen LogP contribution in [0.2, 0.25) is 0 Å². The van der Waals surface area contributed by atoms with Crippen LogP contribution >= 0.6 is 0 Å². The number of aliphatic carboxylic acids is 1. The molecule has 5 nitrogen and oxygen atoms in total. The van der Waals surface area contributed by atoms with E-state index < -0.39 is 5.97 Å². The summed E-state index contributed by atoms with van der Waals surface area (Å²) < 4.78 is 8.05. The predicted molar refractivity (Wildman–Crippen MR) is 114 cm³/mol. The molecule has 5 heteroatoms. The summed E-state index contributed by atoms with van der Waals surface area (Å²) >= 11 is 0. The fourth-order valence-electron chi connectivity index (χ4n) is 3.50. The van der Waals surface area contributed by atoms with Crippen molar-refractivity contribution in [2.24, 2.45) is 0 Å². The number of carboxylic acid groups (broad SMARTS) is 1. The number of carbonyl (C=O) groups is 1. The lowest BCUT2D eigenvalue weighted by Gasteiger charge is -2.13. The second kappa shape index (κ2) is 9.29. The number of ether oxygens (including phenoxy) is 1. The largest absolute Gasteiger partial charge is 0.489 e. The van der Waals surface area contributed by atoms with Gasteiger partial charge >= 0.3 is 5.97 Å². The van der Waals surface area contributed by atoms with E-state index >= 15 is 0 Å². The van der Waals surface area contributed by atoms with Gasteiger partial charge in [-0.1, -0.05) is 37.1 Å². The van der Waals surface area contributed by atoms with E-state index in [-0.39, 0.29) is 12.3 Å². The zero-order valence-electron chi connectivity index (χ0n) is 17.1. The van der Waals surface area contributed by atoms with Gasteiger partial charge in [0.05, 0.1) is 24.1 Å². The lowest BCUT2D eigenvalue weighted by atomic mass is 9.96. The van der Waals surface area contributed by atoms with Gasteiger partial charge < -0.3 is 9.84 Å². The molecule has 0 aliphatic heterocycles. The van der Waals surface area contributed by atoms with E-state index in [4.69, 9.17) is 9.84 Å². The van der Waals surface area contributed by atoms with Crippen molar-refractivity contribution in [2.45, 2.75) is 52.7 Å². The van der Waals surface area contributed by atoms with E-state index in [0.717, 1.165) is 40.7 Å². The van der Waals surface area contributed by atoms with Crippen LogP contribution < -0.4 is 4.74 Å². The fraction of sp³-hybridized carbons (Fsp3) is 0.333. The predicted octanol–water partition coefficient (Wildman–Crippen LogP) is 4.92. The van der Waals surface area contributed by atoms with Crippen molar-refractivity contribution < 1.29 is 14.6 Å². The number of carboxylic acids is 1. The molecule has 0 radical (unpaired) electrons. The zero-order valence-corrected chi connectivity index (χ0v) is 17.1. The molecule has 0 spiro atoms. The van der Waals surface area contributed by atoms with Crippen LogP contribution in [0.25, 0.3) is 10.9 Å². The topological polar surface area (TPSA) is 64.3 Å². The fourth-order valence-corrected chi connectivity index (χ4v) is 3.50. The van der Waals surface area contributed by atoms with Crippen molar-refractivity contribution in [3.63, 3.8) is 0 Å². The molecule has 1 heterocycles. The molecule has 0 saturated carbocycles. The number of benzene rings is 2. The minimum Gasteiger partial charge on any atom is -0.489 e. The number of rotatable bonds is 8. The van der Waals surface area contributed by atoms with Gasteiger partial charge in [-0.3, -0.25) is 9.48 Å². The second-order valence-electron chi connectivity index (χ2n) is 7.06. The average molecular weight is 390 g/mol. The van der Waals surface area contributed by atoms with Crippen molar-refractivity contribution in [3.05, 3.63) is 59.3 Å². The van der Waals surface area contributed by atoms with Crippen molar-refractivity contribution in [3.8, 4) is 17.6 Å². The normalized spacial score (nSPS) is 11.7. The maximum Gasteiger partial charge on any atom is 0.304 e. The Morgan fingerprint density at radius 1 is 1.24 bits per heavy atom. The van der Waals surface area contributed by atoms with Crippen molar-refractivity contribution in [1.82, 2.24) is 9.78 Å². The van der Waals surface area contributed by atoms with Crippen LogP contribution in [0.4, 0.5) is 0 Å². The number of hydrogen-bond donors (Lipinski definition) is 1. The summed E-state index contributed by atoms with van der Waals surface area (Å²) in [6.45, 7) is 7.34. The first-order valence-electron chi connectivity index (χ1n) is 9.84. The van der Waals surface area contributed by atoms with Crippen LogP contribution in [-0.4, -0.2) is 20.9 Å². The number of aryl methyl sites for hydroxylation is 2. The summed E-state index contributed by atoms with van der Waals surface area (Å²) in [6.07, 6.45) is 2.94. The van der Waals surface area contributed by atoms with Gasteiger partial charge in [-0.2, -0.15) is 5.10 Å². The Balaban J connectivity index is 1.74. The van der Waals surface area contributed by atoms with Crippen LogP contribution in [0, 0.1) is 18.8 Å². The summed E-state index contributed by atoms with van der Waals surface area (Å²) in [5.74, 6) is 5.36. The Morgan fingerprint density at radius 2 is 2.00 bits per heavy atom. The van der Waals surface area contributed by atoms with Crippen molar-refractivity contribution in [2.75, 3.05) is 0 Å². The Kier molecular flexibility index (Phi) is 6.56. The molecule has 1 N–H and O–H groups in total. The monoisotopic (exact) mass is 390 g/mol. The first-order chi connectivity index (χ1) is 14.0. The molecule has 3 rings (SSSR count). The molecule has 0 unspecified atom stereocenters. The SMILES string of the molecule is CC#C[C@@H](CC(=O)O)c1ccc(OCc2ccc3cnn(CCC)c3c2C)cc1. The van der Waals surface area contributed by atoms with Crippen LogP contribution in [0.15, 0.2) is 42.6 Å². The molecule has 0 aliphatic carbocycles. The Labute approximate surface area is 171 Å². The minimum absolute atomic E-state index is 0.00824. The maximum atomic E-state index is 11.1. The third-order valence-electron chi connectivity index (χ3n) is 4.98. The molecule has 3 aromatic rings. The van der Waals surface area contributed by atoms with Gasteiger partial charge in [-0.15, -0.1) is 5.92 Å². The number of hydrogen-bond acceptors (Lipinski definition) is 3. The standard InChI is InChI=1S/C24H26N2O3/c1-4-6-19(14-23(27)28)18-9-11-22(12-10-18)29-16-21-8-7-20-15-25-26(13-5-2)24(20)17(21)3/h7-12,15,19H,5,13-14,16H2,1-3H3,(H,27,28)/t19-/m0/s1. The highest BCUT2D eigenvalue weighted by Gasteiger charge is 2.13. The van der Waals surface area contributed by atoms with Gasteiger partial charge in [0.15, 0.2) is 0 Å². The molecule has 2 aromatic carbocycles. The first kappa shape index (κ1) is 20.5. The van der Waals surface area contributed by atoms with Crippen LogP contribution in [0.3, 0.4) is 0 Å². The Bertz CT molecular complexity index is 1060. The molecule has 150 valence electrons. The molecular weight excluding hydrogens is 364 g/mol. The molecule has 0 saturated heterocycles. The summed E-state index contributed by atoms with van der Waals surface area (Å²) in [4.78, 5) is 11.1. The quantitative estimate of drug-likeness (QED) is 0.555. The van der Waals surface area contributed by atoms with Gasteiger partial charge in [0.1, 0.15) is 12.4 Å². The summed E-state index contributed by atoms with van der Waals surface area (Å²) in [5.41, 5.74) is 4.36. The molecule has 1 atom stereocenters. The van der Waals surface area contributed by atoms with E-state index in [1.54, 1.807) is 6.92 Å². The Morgan fingerprint density at radius 3 is 2.66 bits per heavy atom. The molecular formula is C24H26N2O3. The summed E-state index contributed by atoms with van der Waals surface area (Å²) in [7, 11) is 0. The third-order valence-corrected chi connectivity index (χ3v) is 4.98. The lowest BCUT2D eigenvalue weighted by molar-refractivity contribution is -0.137. The van der Waals surface area contributed by atoms with Crippen molar-refractivity contribution in [1.29, 1.82) is 0 Å². The number of aromatic nitrogens is 2. The van der Waals surface area contributed by atoms with Crippen LogP contribution in [0.1, 0.15) is 49.3 Å². The van der Waals surface area contributed by atoms with Gasteiger partial charge in [0.2, 0.25) is 0 Å². The molecule has 1 aromatic heterocycles. The van der Waals surface area contributed by atoms with E-state index in [1.807, 2.05) is 30.5 Å². The maximum absolute atomic E-state index is 11.1. The Hall–Kier alpha value is -3.26. The van der Waals surface area contributed by atoms with Crippen LogP contribution in [-0.2, 0) is 17.9 Å². The molecule has 0 fully saturated rings. The van der Waals surface area contributed by atoms with Gasteiger partial charge in [0, 0.05) is 11.9 Å². The molecule has 0 aliphatic rings. The molecule has 0 bridgehead atoms. The summed E-state index contributed by atoms with van der Waals surface area (Å²) in [5, 5.41) is 14.7. The smallest absolute Gasteiger partial charge is 0.304 e. The van der Waals surface area contributed by atoms with Gasteiger partial charge in [-0.25, -0.2) is 0 Å². The summed E-state index contributed by atoms with van der Waals surface area (Å²) in [6, 6.07) is 11.7. The number of nitrogens with zero attached hydrogens (tertiary/aromatic N) is 2. The van der Waals surface area contributed by atoms with Gasteiger partial charge in [-0.05, 0) is 49.1 Å². The van der Waals surface area contributed by atoms with E-state index in [1.165, 1.54) is 5.56 Å². The highest BCUT2D eigenvalue weighted by Crippen LogP contribution is 2.25. The minimum atomic E-state index is -0.855. The zero-order chi connectivity index (χ0) is 20.8. The highest BCUT2D eigenvalue weighted by molar-refractivity contribution is 5.83. The average Bonchev–Trinajstić information content (AvgIpc) is 3.11. The van der Waals surface area contributed by atoms with Gasteiger partial charge in [0.25, 0.3) is 0 Å². The third kappa shape index (κ3) is 4.78. The number of fused-ring (bicyclic) bond motifs is 1. The van der Waals surface area contributed by atoms with E-state index in [2.05, 4.69) is 47.6 Å². The lowest BCUT2D eigenvalue weighted by Crippen LogP contribution is -2.05. The van der Waals surface area contributed by atoms with E-state index in [0.29, 0.717) is 6.61 Å². The van der Waals surface area contributed by atoms with Crippen molar-refractivity contribution >= 4 is 16.9 Å². The molecule has 29 heavy (non-hydrogen) atoms. The first-order valence-corrected chi connectivity index (χ1v) is 9.84. The highest BCUT2D eigenvalue weighted by atomic mass is 16.5. The van der Waals surface area contributed by atoms with E-state index in [9.17, 15) is 4.79 Å². The second-order valence-corrected chi connectivity index (χ2v) is 7.06.